The number of rotatable bonds is 5. The van der Waals surface area contributed by atoms with Crippen LogP contribution < -0.4 is 10.5 Å². The second-order valence-corrected chi connectivity index (χ2v) is 7.50. The van der Waals surface area contributed by atoms with Crippen molar-refractivity contribution in [2.24, 2.45) is 0 Å². The van der Waals surface area contributed by atoms with Gasteiger partial charge in [0.25, 0.3) is 0 Å². The molecule has 1 unspecified atom stereocenters. The molecular weight excluding hydrogens is 276 g/mol. The van der Waals surface area contributed by atoms with Crippen molar-refractivity contribution in [3.63, 3.8) is 0 Å². The SMILES string of the molecule is CCOc1ccc(N)cc1CN(C)C1CCS(=O)(=O)C1. The average molecular weight is 298 g/mol. The molecule has 1 saturated heterocycles. The van der Waals surface area contributed by atoms with Crippen LogP contribution in [0.4, 0.5) is 5.69 Å². The monoisotopic (exact) mass is 298 g/mol. The summed E-state index contributed by atoms with van der Waals surface area (Å²) in [6.07, 6.45) is 0.700. The van der Waals surface area contributed by atoms with Crippen LogP contribution >= 0.6 is 0 Å². The lowest BCUT2D eigenvalue weighted by atomic mass is 10.1. The highest BCUT2D eigenvalue weighted by molar-refractivity contribution is 7.91. The van der Waals surface area contributed by atoms with E-state index in [1.54, 1.807) is 0 Å². The number of ether oxygens (including phenoxy) is 1. The number of hydrogen-bond acceptors (Lipinski definition) is 5. The molecule has 5 nitrogen and oxygen atoms in total. The summed E-state index contributed by atoms with van der Waals surface area (Å²) >= 11 is 0. The summed E-state index contributed by atoms with van der Waals surface area (Å²) in [6, 6.07) is 5.66. The molecule has 0 bridgehead atoms. The number of anilines is 1. The summed E-state index contributed by atoms with van der Waals surface area (Å²) in [7, 11) is -0.910. The van der Waals surface area contributed by atoms with Crippen molar-refractivity contribution < 1.29 is 13.2 Å². The number of benzene rings is 1. The molecule has 1 atom stereocenters. The van der Waals surface area contributed by atoms with Gasteiger partial charge in [-0.1, -0.05) is 0 Å². The molecule has 0 aliphatic carbocycles. The fourth-order valence-corrected chi connectivity index (χ4v) is 4.35. The van der Waals surface area contributed by atoms with Gasteiger partial charge in [-0.05, 0) is 38.6 Å². The molecule has 112 valence electrons. The first-order chi connectivity index (χ1) is 9.41. The van der Waals surface area contributed by atoms with Crippen LogP contribution in [0.15, 0.2) is 18.2 Å². The Labute approximate surface area is 120 Å². The average Bonchev–Trinajstić information content (AvgIpc) is 2.73. The third-order valence-corrected chi connectivity index (χ3v) is 5.39. The van der Waals surface area contributed by atoms with Crippen LogP contribution in [0.2, 0.25) is 0 Å². The normalized spacial score (nSPS) is 21.2. The minimum Gasteiger partial charge on any atom is -0.494 e. The van der Waals surface area contributed by atoms with Gasteiger partial charge in [0.1, 0.15) is 5.75 Å². The van der Waals surface area contributed by atoms with Crippen LogP contribution in [-0.4, -0.2) is 44.5 Å². The van der Waals surface area contributed by atoms with E-state index < -0.39 is 9.84 Å². The van der Waals surface area contributed by atoms with Crippen molar-refractivity contribution in [3.05, 3.63) is 23.8 Å². The molecule has 0 amide bonds. The van der Waals surface area contributed by atoms with Gasteiger partial charge >= 0.3 is 0 Å². The molecule has 2 N–H and O–H groups in total. The van der Waals surface area contributed by atoms with Crippen molar-refractivity contribution in [2.75, 3.05) is 30.9 Å². The van der Waals surface area contributed by atoms with E-state index in [0.29, 0.717) is 25.3 Å². The first-order valence-electron chi connectivity index (χ1n) is 6.83. The molecule has 1 aliphatic heterocycles. The van der Waals surface area contributed by atoms with Crippen LogP contribution in [0.5, 0.6) is 5.75 Å². The maximum atomic E-state index is 11.6. The fourth-order valence-electron chi connectivity index (χ4n) is 2.54. The third-order valence-electron chi connectivity index (χ3n) is 3.64. The first kappa shape index (κ1) is 15.1. The van der Waals surface area contributed by atoms with Gasteiger partial charge in [0, 0.05) is 23.8 Å². The predicted octanol–water partition coefficient (Wildman–Crippen LogP) is 1.29. The first-order valence-corrected chi connectivity index (χ1v) is 8.65. The molecule has 1 heterocycles. The Morgan fingerprint density at radius 2 is 2.20 bits per heavy atom. The van der Waals surface area contributed by atoms with Crippen molar-refractivity contribution >= 4 is 15.5 Å². The molecule has 0 saturated carbocycles. The minimum absolute atomic E-state index is 0.0795. The molecule has 2 rings (SSSR count). The van der Waals surface area contributed by atoms with Crippen LogP contribution in [-0.2, 0) is 16.4 Å². The second-order valence-electron chi connectivity index (χ2n) is 5.27. The summed E-state index contributed by atoms with van der Waals surface area (Å²) in [5.74, 6) is 1.35. The van der Waals surface area contributed by atoms with E-state index in [1.165, 1.54) is 0 Å². The lowest BCUT2D eigenvalue weighted by molar-refractivity contribution is 0.247. The second kappa shape index (κ2) is 6.01. The van der Waals surface area contributed by atoms with Crippen molar-refractivity contribution in [1.29, 1.82) is 0 Å². The number of nitrogens with two attached hydrogens (primary N) is 1. The Morgan fingerprint density at radius 3 is 2.80 bits per heavy atom. The number of nitrogens with zero attached hydrogens (tertiary/aromatic N) is 1. The summed E-state index contributed by atoms with van der Waals surface area (Å²) in [5, 5.41) is 0. The fraction of sp³-hybridized carbons (Fsp3) is 0.571. The lowest BCUT2D eigenvalue weighted by Crippen LogP contribution is -2.32. The Balaban J connectivity index is 2.11. The molecule has 1 aliphatic rings. The maximum absolute atomic E-state index is 11.6. The van der Waals surface area contributed by atoms with Crippen molar-refractivity contribution in [3.8, 4) is 5.75 Å². The van der Waals surface area contributed by atoms with Gasteiger partial charge in [-0.15, -0.1) is 0 Å². The summed E-state index contributed by atoms with van der Waals surface area (Å²) in [5.41, 5.74) is 7.52. The molecule has 0 spiro atoms. The van der Waals surface area contributed by atoms with Gasteiger partial charge in [0.15, 0.2) is 9.84 Å². The van der Waals surface area contributed by atoms with Gasteiger partial charge in [0.2, 0.25) is 0 Å². The Hall–Kier alpha value is -1.27. The zero-order valence-corrected chi connectivity index (χ0v) is 12.8. The van der Waals surface area contributed by atoms with Crippen molar-refractivity contribution in [2.45, 2.75) is 25.9 Å². The molecule has 1 aromatic carbocycles. The Morgan fingerprint density at radius 1 is 1.45 bits per heavy atom. The minimum atomic E-state index is -2.86. The number of nitrogen functional groups attached to an aromatic ring is 1. The lowest BCUT2D eigenvalue weighted by Gasteiger charge is -2.24. The van der Waals surface area contributed by atoms with Crippen LogP contribution in [0.3, 0.4) is 0 Å². The summed E-state index contributed by atoms with van der Waals surface area (Å²) in [6.45, 7) is 3.17. The van der Waals surface area contributed by atoms with Gasteiger partial charge in [-0.3, -0.25) is 4.90 Å². The van der Waals surface area contributed by atoms with E-state index in [1.807, 2.05) is 32.2 Å². The van der Waals surface area contributed by atoms with E-state index in [9.17, 15) is 8.42 Å². The Kier molecular flexibility index (Phi) is 4.55. The smallest absolute Gasteiger partial charge is 0.151 e. The molecular formula is C14H22N2O3S. The van der Waals surface area contributed by atoms with Gasteiger partial charge in [0.05, 0.1) is 18.1 Å². The zero-order valence-electron chi connectivity index (χ0n) is 12.0. The van der Waals surface area contributed by atoms with Gasteiger partial charge in [-0.25, -0.2) is 8.42 Å². The molecule has 20 heavy (non-hydrogen) atoms. The van der Waals surface area contributed by atoms with Crippen LogP contribution in [0, 0.1) is 0 Å². The molecule has 6 heteroatoms. The van der Waals surface area contributed by atoms with E-state index in [4.69, 9.17) is 10.5 Å². The standard InChI is InChI=1S/C14H22N2O3S/c1-3-19-14-5-4-12(15)8-11(14)9-16(2)13-6-7-20(17,18)10-13/h4-5,8,13H,3,6-7,9-10,15H2,1-2H3. The van der Waals surface area contributed by atoms with E-state index in [0.717, 1.165) is 11.3 Å². The molecule has 0 radical (unpaired) electrons. The van der Waals surface area contributed by atoms with Crippen LogP contribution in [0.1, 0.15) is 18.9 Å². The number of sulfone groups is 1. The van der Waals surface area contributed by atoms with Crippen LogP contribution in [0.25, 0.3) is 0 Å². The topological polar surface area (TPSA) is 72.6 Å². The highest BCUT2D eigenvalue weighted by atomic mass is 32.2. The van der Waals surface area contributed by atoms with E-state index >= 15 is 0 Å². The van der Waals surface area contributed by atoms with E-state index in [2.05, 4.69) is 4.90 Å². The summed E-state index contributed by atoms with van der Waals surface area (Å²) < 4.78 is 28.7. The third kappa shape index (κ3) is 3.64. The zero-order chi connectivity index (χ0) is 14.8. The predicted molar refractivity (Wildman–Crippen MR) is 80.5 cm³/mol. The largest absolute Gasteiger partial charge is 0.494 e. The summed E-state index contributed by atoms with van der Waals surface area (Å²) in [4.78, 5) is 2.07. The van der Waals surface area contributed by atoms with Gasteiger partial charge < -0.3 is 10.5 Å². The van der Waals surface area contributed by atoms with Gasteiger partial charge in [-0.2, -0.15) is 0 Å². The highest BCUT2D eigenvalue weighted by Crippen LogP contribution is 2.25. The quantitative estimate of drug-likeness (QED) is 0.829. The van der Waals surface area contributed by atoms with E-state index in [-0.39, 0.29) is 17.5 Å². The molecule has 0 aromatic heterocycles. The molecule has 1 aromatic rings. The highest BCUT2D eigenvalue weighted by Gasteiger charge is 2.30. The maximum Gasteiger partial charge on any atom is 0.151 e. The molecule has 1 fully saturated rings. The number of hydrogen-bond donors (Lipinski definition) is 1. The van der Waals surface area contributed by atoms with Crippen molar-refractivity contribution in [1.82, 2.24) is 4.90 Å². The Bertz CT molecular complexity index is 572.